The molecule has 1 N–H and O–H groups in total. The van der Waals surface area contributed by atoms with Crippen LogP contribution in [-0.4, -0.2) is 33.3 Å². The first-order chi connectivity index (χ1) is 12.5. The van der Waals surface area contributed by atoms with Gasteiger partial charge in [0.1, 0.15) is 11.9 Å². The van der Waals surface area contributed by atoms with Gasteiger partial charge >= 0.3 is 0 Å². The van der Waals surface area contributed by atoms with E-state index < -0.39 is 0 Å². The largest absolute Gasteiger partial charge is 0.487 e. The van der Waals surface area contributed by atoms with Gasteiger partial charge in [-0.1, -0.05) is 12.1 Å². The van der Waals surface area contributed by atoms with Crippen LogP contribution in [0.4, 0.5) is 0 Å². The number of rotatable bonds is 6. The van der Waals surface area contributed by atoms with Crippen molar-refractivity contribution in [2.24, 2.45) is 7.05 Å². The molecule has 0 fully saturated rings. The van der Waals surface area contributed by atoms with Gasteiger partial charge in [0, 0.05) is 30.1 Å². The molecule has 1 atom stereocenters. The Balaban J connectivity index is 1.63. The Morgan fingerprint density at radius 2 is 2.12 bits per heavy atom. The van der Waals surface area contributed by atoms with Gasteiger partial charge in [0.15, 0.2) is 0 Å². The number of carbonyl (C=O) groups is 1. The molecule has 0 saturated carbocycles. The standard InChI is InChI=1S/C20H22N4O2/c1-14(26-18-8-5-9-21-12-18)11-22-20(25)17-7-4-6-16(10-17)19-13-23-24(3)15(19)2/h4-10,12-14H,11H2,1-3H3,(H,22,25)/t14-/m1/s1. The Bertz CT molecular complexity index is 890. The van der Waals surface area contributed by atoms with E-state index in [4.69, 9.17) is 4.74 Å². The van der Waals surface area contributed by atoms with Crippen molar-refractivity contribution >= 4 is 5.91 Å². The van der Waals surface area contributed by atoms with E-state index in [9.17, 15) is 4.79 Å². The molecule has 0 aliphatic rings. The molecule has 2 heterocycles. The SMILES string of the molecule is Cc1c(-c2cccc(C(=O)NC[C@@H](C)Oc3cccnc3)c2)cnn1C. The minimum absolute atomic E-state index is 0.130. The summed E-state index contributed by atoms with van der Waals surface area (Å²) in [5, 5.41) is 7.17. The van der Waals surface area contributed by atoms with Crippen molar-refractivity contribution in [2.75, 3.05) is 6.54 Å². The molecular formula is C20H22N4O2. The summed E-state index contributed by atoms with van der Waals surface area (Å²) in [6.07, 6.45) is 5.00. The third kappa shape index (κ3) is 4.08. The molecule has 1 amide bonds. The third-order valence-electron chi connectivity index (χ3n) is 4.19. The second kappa shape index (κ2) is 7.82. The van der Waals surface area contributed by atoms with Gasteiger partial charge in [0.05, 0.1) is 18.9 Å². The second-order valence-electron chi connectivity index (χ2n) is 6.18. The molecule has 0 bridgehead atoms. The summed E-state index contributed by atoms with van der Waals surface area (Å²) in [4.78, 5) is 16.5. The highest BCUT2D eigenvalue weighted by atomic mass is 16.5. The zero-order chi connectivity index (χ0) is 18.5. The van der Waals surface area contributed by atoms with E-state index in [1.54, 1.807) is 18.5 Å². The van der Waals surface area contributed by atoms with E-state index in [0.717, 1.165) is 16.8 Å². The number of aryl methyl sites for hydroxylation is 1. The van der Waals surface area contributed by atoms with Crippen LogP contribution in [0.5, 0.6) is 5.75 Å². The number of carbonyl (C=O) groups excluding carboxylic acids is 1. The topological polar surface area (TPSA) is 69.0 Å². The van der Waals surface area contributed by atoms with E-state index in [0.29, 0.717) is 17.9 Å². The first-order valence-electron chi connectivity index (χ1n) is 8.48. The van der Waals surface area contributed by atoms with Crippen molar-refractivity contribution in [1.29, 1.82) is 0 Å². The maximum atomic E-state index is 12.5. The van der Waals surface area contributed by atoms with Crippen LogP contribution in [0.3, 0.4) is 0 Å². The summed E-state index contributed by atoms with van der Waals surface area (Å²) in [6, 6.07) is 11.2. The highest BCUT2D eigenvalue weighted by Gasteiger charge is 2.12. The molecule has 3 aromatic rings. The van der Waals surface area contributed by atoms with Crippen LogP contribution < -0.4 is 10.1 Å². The Hall–Kier alpha value is -3.15. The van der Waals surface area contributed by atoms with Crippen molar-refractivity contribution in [3.05, 3.63) is 66.2 Å². The lowest BCUT2D eigenvalue weighted by molar-refractivity contribution is 0.0932. The Labute approximate surface area is 152 Å². The van der Waals surface area contributed by atoms with E-state index in [1.807, 2.05) is 62.1 Å². The average Bonchev–Trinajstić information content (AvgIpc) is 2.99. The van der Waals surface area contributed by atoms with E-state index in [1.165, 1.54) is 0 Å². The third-order valence-corrected chi connectivity index (χ3v) is 4.19. The highest BCUT2D eigenvalue weighted by molar-refractivity contribution is 5.95. The van der Waals surface area contributed by atoms with E-state index in [2.05, 4.69) is 15.4 Å². The fourth-order valence-corrected chi connectivity index (χ4v) is 2.64. The zero-order valence-corrected chi connectivity index (χ0v) is 15.1. The van der Waals surface area contributed by atoms with Gasteiger partial charge in [-0.3, -0.25) is 14.5 Å². The van der Waals surface area contributed by atoms with Crippen LogP contribution >= 0.6 is 0 Å². The van der Waals surface area contributed by atoms with Gasteiger partial charge in [-0.2, -0.15) is 5.10 Å². The molecule has 0 saturated heterocycles. The number of amides is 1. The fraction of sp³-hybridized carbons (Fsp3) is 0.250. The predicted octanol–water partition coefficient (Wildman–Crippen LogP) is 2.99. The van der Waals surface area contributed by atoms with Crippen LogP contribution in [0.1, 0.15) is 23.0 Å². The fourth-order valence-electron chi connectivity index (χ4n) is 2.64. The second-order valence-corrected chi connectivity index (χ2v) is 6.18. The van der Waals surface area contributed by atoms with Crippen molar-refractivity contribution in [2.45, 2.75) is 20.0 Å². The number of benzene rings is 1. The minimum Gasteiger partial charge on any atom is -0.487 e. The van der Waals surface area contributed by atoms with Gasteiger partial charge in [0.25, 0.3) is 5.91 Å². The average molecular weight is 350 g/mol. The quantitative estimate of drug-likeness (QED) is 0.742. The smallest absolute Gasteiger partial charge is 0.251 e. The first kappa shape index (κ1) is 17.7. The maximum absolute atomic E-state index is 12.5. The number of hydrogen-bond donors (Lipinski definition) is 1. The molecule has 6 heteroatoms. The van der Waals surface area contributed by atoms with Gasteiger partial charge in [-0.15, -0.1) is 0 Å². The number of hydrogen-bond acceptors (Lipinski definition) is 4. The number of nitrogens with zero attached hydrogens (tertiary/aromatic N) is 3. The number of pyridine rings is 1. The normalized spacial score (nSPS) is 11.8. The lowest BCUT2D eigenvalue weighted by atomic mass is 10.0. The minimum atomic E-state index is -0.160. The molecular weight excluding hydrogens is 328 g/mol. The maximum Gasteiger partial charge on any atom is 0.251 e. The Kier molecular flexibility index (Phi) is 5.31. The summed E-state index contributed by atoms with van der Waals surface area (Å²) in [5.41, 5.74) is 3.67. The molecule has 0 aliphatic carbocycles. The lowest BCUT2D eigenvalue weighted by Gasteiger charge is -2.15. The van der Waals surface area contributed by atoms with Crippen LogP contribution in [0.15, 0.2) is 55.0 Å². The molecule has 1 aromatic carbocycles. The predicted molar refractivity (Wildman–Crippen MR) is 100 cm³/mol. The van der Waals surface area contributed by atoms with Crippen LogP contribution in [0.25, 0.3) is 11.1 Å². The number of ether oxygens (including phenoxy) is 1. The Morgan fingerprint density at radius 3 is 2.81 bits per heavy atom. The first-order valence-corrected chi connectivity index (χ1v) is 8.48. The zero-order valence-electron chi connectivity index (χ0n) is 15.1. The molecule has 6 nitrogen and oxygen atoms in total. The molecule has 0 radical (unpaired) electrons. The molecule has 3 rings (SSSR count). The molecule has 0 spiro atoms. The van der Waals surface area contributed by atoms with Crippen molar-refractivity contribution < 1.29 is 9.53 Å². The van der Waals surface area contributed by atoms with Crippen molar-refractivity contribution in [3.8, 4) is 16.9 Å². The van der Waals surface area contributed by atoms with Crippen LogP contribution in [-0.2, 0) is 7.05 Å². The van der Waals surface area contributed by atoms with Gasteiger partial charge in [0.2, 0.25) is 0 Å². The number of nitrogens with one attached hydrogen (secondary N) is 1. The Morgan fingerprint density at radius 1 is 1.27 bits per heavy atom. The van der Waals surface area contributed by atoms with Gasteiger partial charge in [-0.25, -0.2) is 0 Å². The molecule has 0 unspecified atom stereocenters. The highest BCUT2D eigenvalue weighted by Crippen LogP contribution is 2.23. The summed E-state index contributed by atoms with van der Waals surface area (Å²) >= 11 is 0. The van der Waals surface area contributed by atoms with Gasteiger partial charge < -0.3 is 10.1 Å². The monoisotopic (exact) mass is 350 g/mol. The summed E-state index contributed by atoms with van der Waals surface area (Å²) in [7, 11) is 1.90. The molecule has 0 aliphatic heterocycles. The summed E-state index contributed by atoms with van der Waals surface area (Å²) in [6.45, 7) is 4.32. The lowest BCUT2D eigenvalue weighted by Crippen LogP contribution is -2.33. The van der Waals surface area contributed by atoms with Crippen LogP contribution in [0.2, 0.25) is 0 Å². The molecule has 26 heavy (non-hydrogen) atoms. The van der Waals surface area contributed by atoms with Crippen LogP contribution in [0, 0.1) is 6.92 Å². The summed E-state index contributed by atoms with van der Waals surface area (Å²) in [5.74, 6) is 0.554. The van der Waals surface area contributed by atoms with Crippen molar-refractivity contribution in [3.63, 3.8) is 0 Å². The summed E-state index contributed by atoms with van der Waals surface area (Å²) < 4.78 is 7.54. The molecule has 134 valence electrons. The van der Waals surface area contributed by atoms with E-state index in [-0.39, 0.29) is 12.0 Å². The number of aromatic nitrogens is 3. The van der Waals surface area contributed by atoms with E-state index >= 15 is 0 Å². The van der Waals surface area contributed by atoms with Crippen molar-refractivity contribution in [1.82, 2.24) is 20.1 Å². The molecule has 2 aromatic heterocycles. The van der Waals surface area contributed by atoms with Gasteiger partial charge in [-0.05, 0) is 43.7 Å².